The summed E-state index contributed by atoms with van der Waals surface area (Å²) in [7, 11) is 0. The molecule has 0 aromatic carbocycles. The molecule has 4 N–H and O–H groups in total. The summed E-state index contributed by atoms with van der Waals surface area (Å²) in [6.07, 6.45) is 4.85. The van der Waals surface area contributed by atoms with E-state index in [4.69, 9.17) is 10.2 Å². The summed E-state index contributed by atoms with van der Waals surface area (Å²) < 4.78 is 5.13. The van der Waals surface area contributed by atoms with Crippen LogP contribution in [0.4, 0.5) is 0 Å². The lowest BCUT2D eigenvalue weighted by Crippen LogP contribution is -2.32. The Morgan fingerprint density at radius 1 is 1.50 bits per heavy atom. The third kappa shape index (κ3) is 4.94. The molecule has 1 aromatic rings. The third-order valence-electron chi connectivity index (χ3n) is 3.18. The number of hydrogen-bond donors (Lipinski definition) is 3. The smallest absolute Gasteiger partial charge is 0.273 e. The highest BCUT2D eigenvalue weighted by molar-refractivity contribution is 5.92. The number of unbranched alkanes of at least 4 members (excludes halogenated alkanes) is 2. The Kier molecular flexibility index (Phi) is 6.67. The second kappa shape index (κ2) is 8.01. The van der Waals surface area contributed by atoms with Gasteiger partial charge in [0.05, 0.1) is 6.10 Å². The molecule has 20 heavy (non-hydrogen) atoms. The number of hydrogen-bond acceptors (Lipinski definition) is 5. The van der Waals surface area contributed by atoms with Crippen molar-refractivity contribution in [3.05, 3.63) is 17.8 Å². The molecule has 6 nitrogen and oxygen atoms in total. The van der Waals surface area contributed by atoms with Crippen LogP contribution in [0.2, 0.25) is 0 Å². The van der Waals surface area contributed by atoms with Crippen LogP contribution in [0.1, 0.15) is 68.9 Å². The van der Waals surface area contributed by atoms with Gasteiger partial charge in [-0.05, 0) is 20.3 Å². The van der Waals surface area contributed by atoms with Crippen molar-refractivity contribution in [3.63, 3.8) is 0 Å². The van der Waals surface area contributed by atoms with E-state index in [1.807, 2.05) is 6.92 Å². The fourth-order valence-electron chi connectivity index (χ4n) is 1.82. The van der Waals surface area contributed by atoms with E-state index in [-0.39, 0.29) is 23.5 Å². The molecule has 0 spiro atoms. The van der Waals surface area contributed by atoms with Crippen LogP contribution in [0.3, 0.4) is 0 Å². The van der Waals surface area contributed by atoms with Crippen LogP contribution in [-0.2, 0) is 0 Å². The Bertz CT molecular complexity index is 418. The molecule has 0 fully saturated rings. The molecule has 114 valence electrons. The van der Waals surface area contributed by atoms with Gasteiger partial charge in [-0.2, -0.15) is 0 Å². The molecule has 0 radical (unpaired) electrons. The average Bonchev–Trinajstić information content (AvgIpc) is 2.87. The number of amides is 1. The summed E-state index contributed by atoms with van der Waals surface area (Å²) in [6, 6.07) is -0.627. The van der Waals surface area contributed by atoms with Gasteiger partial charge in [0.25, 0.3) is 5.91 Å². The SMILES string of the molecule is CCCCCC(C)NC(=O)c1coc(C(N)C(C)O)n1. The minimum absolute atomic E-state index is 0.0969. The van der Waals surface area contributed by atoms with E-state index in [0.29, 0.717) is 0 Å². The maximum Gasteiger partial charge on any atom is 0.273 e. The number of nitrogens with zero attached hydrogens (tertiary/aromatic N) is 1. The largest absolute Gasteiger partial charge is 0.446 e. The van der Waals surface area contributed by atoms with Crippen LogP contribution in [0.15, 0.2) is 10.7 Å². The zero-order chi connectivity index (χ0) is 15.1. The van der Waals surface area contributed by atoms with Gasteiger partial charge in [0, 0.05) is 6.04 Å². The zero-order valence-corrected chi connectivity index (χ0v) is 12.4. The highest BCUT2D eigenvalue weighted by Crippen LogP contribution is 2.14. The fourth-order valence-corrected chi connectivity index (χ4v) is 1.82. The Labute approximate surface area is 119 Å². The number of aliphatic hydroxyl groups excluding tert-OH is 1. The van der Waals surface area contributed by atoms with Gasteiger partial charge < -0.3 is 20.6 Å². The summed E-state index contributed by atoms with van der Waals surface area (Å²) in [6.45, 7) is 5.66. The van der Waals surface area contributed by atoms with E-state index < -0.39 is 12.1 Å². The zero-order valence-electron chi connectivity index (χ0n) is 12.4. The molecule has 0 saturated carbocycles. The molecule has 3 unspecified atom stereocenters. The molecule has 0 aliphatic rings. The van der Waals surface area contributed by atoms with E-state index in [1.54, 1.807) is 6.92 Å². The second-order valence-electron chi connectivity index (χ2n) is 5.21. The number of oxazole rings is 1. The quantitative estimate of drug-likeness (QED) is 0.631. The minimum atomic E-state index is -0.780. The van der Waals surface area contributed by atoms with Gasteiger partial charge in [0.2, 0.25) is 5.89 Å². The number of aromatic nitrogens is 1. The van der Waals surface area contributed by atoms with Crippen LogP contribution in [-0.4, -0.2) is 28.1 Å². The highest BCUT2D eigenvalue weighted by Gasteiger charge is 2.21. The lowest BCUT2D eigenvalue weighted by atomic mass is 10.1. The molecular formula is C14H25N3O3. The Morgan fingerprint density at radius 3 is 2.80 bits per heavy atom. The first-order chi connectivity index (χ1) is 9.45. The average molecular weight is 283 g/mol. The van der Waals surface area contributed by atoms with Crippen LogP contribution < -0.4 is 11.1 Å². The molecule has 1 rings (SSSR count). The molecule has 1 aromatic heterocycles. The standard InChI is InChI=1S/C14H25N3O3/c1-4-5-6-7-9(2)16-13(19)11-8-20-14(17-11)12(15)10(3)18/h8-10,12,18H,4-7,15H2,1-3H3,(H,16,19). The van der Waals surface area contributed by atoms with E-state index in [1.165, 1.54) is 6.26 Å². The van der Waals surface area contributed by atoms with Gasteiger partial charge in [0.15, 0.2) is 5.69 Å². The number of carbonyl (C=O) groups is 1. The Balaban J connectivity index is 2.51. The van der Waals surface area contributed by atoms with Crippen molar-refractivity contribution in [1.82, 2.24) is 10.3 Å². The first kappa shape index (κ1) is 16.7. The molecule has 0 aliphatic heterocycles. The van der Waals surface area contributed by atoms with E-state index >= 15 is 0 Å². The number of aliphatic hydroxyl groups is 1. The van der Waals surface area contributed by atoms with E-state index in [0.717, 1.165) is 25.7 Å². The van der Waals surface area contributed by atoms with Gasteiger partial charge in [-0.1, -0.05) is 26.2 Å². The maximum atomic E-state index is 12.0. The fraction of sp³-hybridized carbons (Fsp3) is 0.714. The van der Waals surface area contributed by atoms with Crippen LogP contribution in [0, 0.1) is 0 Å². The van der Waals surface area contributed by atoms with Gasteiger partial charge in [0.1, 0.15) is 12.3 Å². The molecular weight excluding hydrogens is 258 g/mol. The van der Waals surface area contributed by atoms with Crippen molar-refractivity contribution in [2.45, 2.75) is 64.6 Å². The molecule has 6 heteroatoms. The Morgan fingerprint density at radius 2 is 2.20 bits per heavy atom. The maximum absolute atomic E-state index is 12.0. The lowest BCUT2D eigenvalue weighted by Gasteiger charge is -2.12. The normalized spacial score (nSPS) is 15.7. The number of carbonyl (C=O) groups excluding carboxylic acids is 1. The van der Waals surface area contributed by atoms with Crippen molar-refractivity contribution in [3.8, 4) is 0 Å². The third-order valence-corrected chi connectivity index (χ3v) is 3.18. The van der Waals surface area contributed by atoms with Crippen LogP contribution in [0.5, 0.6) is 0 Å². The first-order valence-corrected chi connectivity index (χ1v) is 7.15. The summed E-state index contributed by atoms with van der Waals surface area (Å²) in [5.41, 5.74) is 5.89. The monoisotopic (exact) mass is 283 g/mol. The van der Waals surface area contributed by atoms with Crippen molar-refractivity contribution in [2.24, 2.45) is 5.73 Å². The lowest BCUT2D eigenvalue weighted by molar-refractivity contribution is 0.0932. The number of nitrogens with two attached hydrogens (primary N) is 1. The van der Waals surface area contributed by atoms with Crippen LogP contribution >= 0.6 is 0 Å². The molecule has 0 aliphatic carbocycles. The summed E-state index contributed by atoms with van der Waals surface area (Å²) >= 11 is 0. The minimum Gasteiger partial charge on any atom is -0.446 e. The van der Waals surface area contributed by atoms with E-state index in [2.05, 4.69) is 17.2 Å². The summed E-state index contributed by atoms with van der Waals surface area (Å²) in [5, 5.41) is 12.2. The molecule has 0 bridgehead atoms. The summed E-state index contributed by atoms with van der Waals surface area (Å²) in [5.74, 6) is -0.106. The molecule has 3 atom stereocenters. The topological polar surface area (TPSA) is 101 Å². The van der Waals surface area contributed by atoms with Crippen molar-refractivity contribution in [2.75, 3.05) is 0 Å². The van der Waals surface area contributed by atoms with Gasteiger partial charge in [-0.3, -0.25) is 4.79 Å². The predicted molar refractivity (Wildman–Crippen MR) is 76.2 cm³/mol. The van der Waals surface area contributed by atoms with Crippen molar-refractivity contribution >= 4 is 5.91 Å². The highest BCUT2D eigenvalue weighted by atomic mass is 16.3. The van der Waals surface area contributed by atoms with Gasteiger partial charge in [-0.15, -0.1) is 0 Å². The Hall–Kier alpha value is -1.40. The first-order valence-electron chi connectivity index (χ1n) is 7.15. The molecule has 1 amide bonds. The summed E-state index contributed by atoms with van der Waals surface area (Å²) in [4.78, 5) is 16.0. The van der Waals surface area contributed by atoms with Crippen LogP contribution in [0.25, 0.3) is 0 Å². The van der Waals surface area contributed by atoms with Crippen molar-refractivity contribution < 1.29 is 14.3 Å². The van der Waals surface area contributed by atoms with Gasteiger partial charge in [-0.25, -0.2) is 4.98 Å². The molecule has 1 heterocycles. The number of nitrogens with one attached hydrogen (secondary N) is 1. The predicted octanol–water partition coefficient (Wildman–Crippen LogP) is 1.75. The molecule has 0 saturated heterocycles. The van der Waals surface area contributed by atoms with Gasteiger partial charge >= 0.3 is 0 Å². The van der Waals surface area contributed by atoms with E-state index in [9.17, 15) is 9.90 Å². The van der Waals surface area contributed by atoms with Crippen molar-refractivity contribution in [1.29, 1.82) is 0 Å². The second-order valence-corrected chi connectivity index (χ2v) is 5.21. The number of rotatable bonds is 8.